The first kappa shape index (κ1) is 17.4. The summed E-state index contributed by atoms with van der Waals surface area (Å²) in [7, 11) is 0. The van der Waals surface area contributed by atoms with E-state index in [9.17, 15) is 9.59 Å². The molecule has 5 nitrogen and oxygen atoms in total. The van der Waals surface area contributed by atoms with Crippen LogP contribution >= 0.6 is 22.9 Å². The van der Waals surface area contributed by atoms with Crippen LogP contribution in [0.15, 0.2) is 29.6 Å². The first-order valence-electron chi connectivity index (χ1n) is 7.19. The average Bonchev–Trinajstić information content (AvgIpc) is 2.95. The lowest BCUT2D eigenvalue weighted by molar-refractivity contribution is -0.144. The number of halogens is 1. The minimum Gasteiger partial charge on any atom is -0.480 e. The van der Waals surface area contributed by atoms with Crippen molar-refractivity contribution in [2.75, 3.05) is 13.1 Å². The number of aliphatic carboxylic acids is 1. The Morgan fingerprint density at radius 3 is 2.61 bits per heavy atom. The molecule has 0 bridgehead atoms. The van der Waals surface area contributed by atoms with E-state index in [1.807, 2.05) is 24.4 Å². The highest BCUT2D eigenvalue weighted by atomic mass is 35.5. The van der Waals surface area contributed by atoms with Gasteiger partial charge < -0.3 is 10.0 Å². The van der Waals surface area contributed by atoms with Gasteiger partial charge in [0, 0.05) is 22.5 Å². The Morgan fingerprint density at radius 2 is 2.00 bits per heavy atom. The number of carboxylic acid groups (broad SMARTS) is 1. The van der Waals surface area contributed by atoms with Crippen molar-refractivity contribution in [2.24, 2.45) is 0 Å². The maximum atomic E-state index is 12.2. The predicted molar refractivity (Wildman–Crippen MR) is 90.8 cm³/mol. The Labute approximate surface area is 143 Å². The van der Waals surface area contributed by atoms with Gasteiger partial charge in [-0.25, -0.2) is 4.98 Å². The van der Waals surface area contributed by atoms with Crippen LogP contribution in [0.2, 0.25) is 5.02 Å². The molecule has 0 saturated heterocycles. The lowest BCUT2D eigenvalue weighted by Gasteiger charge is -2.19. The van der Waals surface area contributed by atoms with Crippen molar-refractivity contribution in [3.63, 3.8) is 0 Å². The van der Waals surface area contributed by atoms with Crippen LogP contribution < -0.4 is 0 Å². The Balaban J connectivity index is 2.06. The van der Waals surface area contributed by atoms with Gasteiger partial charge in [-0.2, -0.15) is 0 Å². The molecule has 7 heteroatoms. The van der Waals surface area contributed by atoms with E-state index in [0.29, 0.717) is 23.7 Å². The average molecular weight is 353 g/mol. The van der Waals surface area contributed by atoms with E-state index in [4.69, 9.17) is 16.7 Å². The first-order valence-corrected chi connectivity index (χ1v) is 8.45. The van der Waals surface area contributed by atoms with Crippen molar-refractivity contribution in [2.45, 2.75) is 19.8 Å². The summed E-state index contributed by atoms with van der Waals surface area (Å²) < 4.78 is 0. The Morgan fingerprint density at radius 1 is 1.30 bits per heavy atom. The van der Waals surface area contributed by atoms with E-state index >= 15 is 0 Å². The van der Waals surface area contributed by atoms with Gasteiger partial charge in [-0.1, -0.05) is 30.7 Å². The number of rotatable bonds is 7. The molecule has 1 N–H and O–H groups in total. The molecule has 0 radical (unpaired) electrons. The van der Waals surface area contributed by atoms with Crippen molar-refractivity contribution in [1.29, 1.82) is 0 Å². The zero-order chi connectivity index (χ0) is 16.8. The van der Waals surface area contributed by atoms with E-state index in [1.165, 1.54) is 16.2 Å². The van der Waals surface area contributed by atoms with Gasteiger partial charge in [0.25, 0.3) is 0 Å². The third-order valence-electron chi connectivity index (χ3n) is 3.15. The van der Waals surface area contributed by atoms with Crippen LogP contribution in [0.4, 0.5) is 0 Å². The fraction of sp³-hybridized carbons (Fsp3) is 0.312. The summed E-state index contributed by atoms with van der Waals surface area (Å²) in [5, 5.41) is 12.2. The van der Waals surface area contributed by atoms with Crippen LogP contribution in [0.3, 0.4) is 0 Å². The third kappa shape index (κ3) is 5.04. The molecule has 2 aromatic rings. The fourth-order valence-electron chi connectivity index (χ4n) is 2.11. The monoisotopic (exact) mass is 352 g/mol. The van der Waals surface area contributed by atoms with Gasteiger partial charge in [0.05, 0.1) is 12.1 Å². The molecule has 0 spiro atoms. The number of hydrogen-bond acceptors (Lipinski definition) is 4. The normalized spacial score (nSPS) is 10.5. The number of amides is 1. The highest BCUT2D eigenvalue weighted by Crippen LogP contribution is 2.25. The van der Waals surface area contributed by atoms with Gasteiger partial charge in [-0.3, -0.25) is 9.59 Å². The van der Waals surface area contributed by atoms with Gasteiger partial charge in [-0.05, 0) is 18.6 Å². The molecule has 1 aromatic heterocycles. The molecule has 0 unspecified atom stereocenters. The van der Waals surface area contributed by atoms with Gasteiger partial charge in [-0.15, -0.1) is 11.3 Å². The quantitative estimate of drug-likeness (QED) is 0.829. The molecule has 2 rings (SSSR count). The van der Waals surface area contributed by atoms with Crippen LogP contribution in [0, 0.1) is 0 Å². The molecular formula is C16H17ClN2O3S. The summed E-state index contributed by atoms with van der Waals surface area (Å²) >= 11 is 7.31. The molecule has 0 atom stereocenters. The third-order valence-corrected chi connectivity index (χ3v) is 4.34. The molecule has 0 aliphatic carbocycles. The standard InChI is InChI=1S/C16H17ClN2O3S/c1-2-7-19(9-15(21)22)14(20)8-13-10-23-16(18-13)11-3-5-12(17)6-4-11/h3-6,10H,2,7-9H2,1H3,(H,21,22). The maximum Gasteiger partial charge on any atom is 0.323 e. The number of nitrogens with zero attached hydrogens (tertiary/aromatic N) is 2. The molecule has 1 heterocycles. The highest BCUT2D eigenvalue weighted by Gasteiger charge is 2.17. The van der Waals surface area contributed by atoms with Crippen molar-refractivity contribution in [3.8, 4) is 10.6 Å². The van der Waals surface area contributed by atoms with Crippen LogP contribution in [0.5, 0.6) is 0 Å². The molecule has 23 heavy (non-hydrogen) atoms. The van der Waals surface area contributed by atoms with E-state index < -0.39 is 5.97 Å². The van der Waals surface area contributed by atoms with E-state index in [2.05, 4.69) is 4.98 Å². The largest absolute Gasteiger partial charge is 0.480 e. The van der Waals surface area contributed by atoms with Crippen LogP contribution in [0.1, 0.15) is 19.0 Å². The van der Waals surface area contributed by atoms with E-state index in [-0.39, 0.29) is 18.9 Å². The second kappa shape index (κ2) is 8.08. The molecular weight excluding hydrogens is 336 g/mol. The summed E-state index contributed by atoms with van der Waals surface area (Å²) in [6, 6.07) is 7.33. The Bertz CT molecular complexity index is 685. The van der Waals surface area contributed by atoms with Crippen molar-refractivity contribution >= 4 is 34.8 Å². The highest BCUT2D eigenvalue weighted by molar-refractivity contribution is 7.13. The zero-order valence-corrected chi connectivity index (χ0v) is 14.2. The number of benzene rings is 1. The van der Waals surface area contributed by atoms with Crippen LogP contribution in [-0.2, 0) is 16.0 Å². The van der Waals surface area contributed by atoms with Gasteiger partial charge in [0.1, 0.15) is 11.6 Å². The molecule has 0 saturated carbocycles. The van der Waals surface area contributed by atoms with E-state index in [0.717, 1.165) is 10.6 Å². The van der Waals surface area contributed by atoms with Gasteiger partial charge in [0.2, 0.25) is 5.91 Å². The lowest BCUT2D eigenvalue weighted by atomic mass is 10.2. The second-order valence-electron chi connectivity index (χ2n) is 5.04. The Hall–Kier alpha value is -1.92. The zero-order valence-electron chi connectivity index (χ0n) is 12.7. The maximum absolute atomic E-state index is 12.2. The fourth-order valence-corrected chi connectivity index (χ4v) is 3.06. The number of thiazole rings is 1. The minimum absolute atomic E-state index is 0.109. The molecule has 0 aliphatic rings. The van der Waals surface area contributed by atoms with Crippen LogP contribution in [0.25, 0.3) is 10.6 Å². The van der Waals surface area contributed by atoms with Crippen LogP contribution in [-0.4, -0.2) is 40.0 Å². The smallest absolute Gasteiger partial charge is 0.323 e. The Kier molecular flexibility index (Phi) is 6.12. The summed E-state index contributed by atoms with van der Waals surface area (Å²) in [6.07, 6.45) is 0.823. The number of carbonyl (C=O) groups is 2. The second-order valence-corrected chi connectivity index (χ2v) is 6.33. The SMILES string of the molecule is CCCN(CC(=O)O)C(=O)Cc1csc(-c2ccc(Cl)cc2)n1. The number of hydrogen-bond donors (Lipinski definition) is 1. The molecule has 1 aromatic carbocycles. The van der Waals surface area contributed by atoms with Crippen molar-refractivity contribution in [3.05, 3.63) is 40.4 Å². The molecule has 122 valence electrons. The lowest BCUT2D eigenvalue weighted by Crippen LogP contribution is -2.37. The van der Waals surface area contributed by atoms with Crippen molar-refractivity contribution in [1.82, 2.24) is 9.88 Å². The summed E-state index contributed by atoms with van der Waals surface area (Å²) in [4.78, 5) is 28.9. The minimum atomic E-state index is -1.01. The topological polar surface area (TPSA) is 70.5 Å². The van der Waals surface area contributed by atoms with Gasteiger partial charge >= 0.3 is 5.97 Å². The number of carboxylic acids is 1. The number of carbonyl (C=O) groups excluding carboxylic acids is 1. The first-order chi connectivity index (χ1) is 11.0. The van der Waals surface area contributed by atoms with Gasteiger partial charge in [0.15, 0.2) is 0 Å². The van der Waals surface area contributed by atoms with E-state index in [1.54, 1.807) is 12.1 Å². The summed E-state index contributed by atoms with van der Waals surface area (Å²) in [5.41, 5.74) is 1.59. The molecule has 0 aliphatic heterocycles. The summed E-state index contributed by atoms with van der Waals surface area (Å²) in [5.74, 6) is -1.23. The molecule has 1 amide bonds. The number of aromatic nitrogens is 1. The van der Waals surface area contributed by atoms with Crippen molar-refractivity contribution < 1.29 is 14.7 Å². The molecule has 0 fully saturated rings. The summed E-state index contributed by atoms with van der Waals surface area (Å²) in [6.45, 7) is 2.06. The predicted octanol–water partition coefficient (Wildman–Crippen LogP) is 3.33.